The molecule has 0 aliphatic carbocycles. The first-order valence-corrected chi connectivity index (χ1v) is 7.35. The van der Waals surface area contributed by atoms with Crippen LogP contribution in [0.25, 0.3) is 0 Å². The molecule has 0 amide bonds. The number of ether oxygens (including phenoxy) is 1. The summed E-state index contributed by atoms with van der Waals surface area (Å²) in [6, 6.07) is 5.05. The predicted octanol–water partition coefficient (Wildman–Crippen LogP) is 4.03. The lowest BCUT2D eigenvalue weighted by molar-refractivity contribution is -0.143. The van der Waals surface area contributed by atoms with E-state index in [9.17, 15) is 13.2 Å². The molecular weight excluding hydrogens is 347 g/mol. The number of methoxy groups -OCH3 is 1. The van der Waals surface area contributed by atoms with Crippen molar-refractivity contribution in [2.24, 2.45) is 0 Å². The Morgan fingerprint density at radius 3 is 2.29 bits per heavy atom. The van der Waals surface area contributed by atoms with Gasteiger partial charge < -0.3 is 15.4 Å². The number of aromatic nitrogens is 3. The largest absolute Gasteiger partial charge is 0.497 e. The molecule has 130 valence electrons. The molecule has 10 heteroatoms. The molecule has 0 unspecified atom stereocenters. The lowest BCUT2D eigenvalue weighted by Crippen LogP contribution is -2.36. The Kier molecular flexibility index (Phi) is 5.66. The standard InChI is InChI=1S/C14H15ClF3N5O/c1-3-10(14(16,17)18)20-13-22-11(15)21-12(23-13)19-8-4-6-9(24-2)7-5-8/h4-7,10H,3H2,1-2H3,(H2,19,20,21,22,23)/t10-/m1/s1. The quantitative estimate of drug-likeness (QED) is 0.809. The van der Waals surface area contributed by atoms with Gasteiger partial charge in [-0.2, -0.15) is 28.1 Å². The van der Waals surface area contributed by atoms with E-state index in [4.69, 9.17) is 16.3 Å². The molecule has 2 rings (SSSR count). The van der Waals surface area contributed by atoms with Crippen molar-refractivity contribution in [3.05, 3.63) is 29.5 Å². The third-order valence-corrected chi connectivity index (χ3v) is 3.23. The van der Waals surface area contributed by atoms with Crippen LogP contribution in [0.1, 0.15) is 13.3 Å². The summed E-state index contributed by atoms with van der Waals surface area (Å²) >= 11 is 5.76. The number of benzene rings is 1. The molecule has 0 aliphatic rings. The second kappa shape index (κ2) is 7.52. The van der Waals surface area contributed by atoms with Crippen molar-refractivity contribution in [3.8, 4) is 5.75 Å². The fraction of sp³-hybridized carbons (Fsp3) is 0.357. The van der Waals surface area contributed by atoms with Gasteiger partial charge in [0.05, 0.1) is 7.11 Å². The lowest BCUT2D eigenvalue weighted by Gasteiger charge is -2.20. The van der Waals surface area contributed by atoms with Crippen molar-refractivity contribution in [1.29, 1.82) is 0 Å². The molecule has 1 aromatic heterocycles. The second-order valence-electron chi connectivity index (χ2n) is 4.75. The van der Waals surface area contributed by atoms with Crippen molar-refractivity contribution in [2.75, 3.05) is 17.7 Å². The summed E-state index contributed by atoms with van der Waals surface area (Å²) < 4.78 is 43.5. The first kappa shape index (κ1) is 18.1. The van der Waals surface area contributed by atoms with Crippen molar-refractivity contribution in [1.82, 2.24) is 15.0 Å². The summed E-state index contributed by atoms with van der Waals surface area (Å²) in [6.07, 6.45) is -4.59. The summed E-state index contributed by atoms with van der Waals surface area (Å²) in [5, 5.41) is 4.84. The Hall–Kier alpha value is -2.29. The first-order valence-electron chi connectivity index (χ1n) is 6.97. The molecule has 2 aromatic rings. The zero-order valence-electron chi connectivity index (χ0n) is 12.9. The SMILES string of the molecule is CC[C@@H](Nc1nc(Cl)nc(Nc2ccc(OC)cc2)n1)C(F)(F)F. The Balaban J connectivity index is 2.18. The van der Waals surface area contributed by atoms with Gasteiger partial charge in [-0.1, -0.05) is 6.92 Å². The van der Waals surface area contributed by atoms with Crippen LogP contribution in [0, 0.1) is 0 Å². The van der Waals surface area contributed by atoms with Crippen molar-refractivity contribution >= 4 is 29.2 Å². The highest BCUT2D eigenvalue weighted by molar-refractivity contribution is 6.28. The number of nitrogens with zero attached hydrogens (tertiary/aromatic N) is 3. The van der Waals surface area contributed by atoms with Crippen molar-refractivity contribution < 1.29 is 17.9 Å². The van der Waals surface area contributed by atoms with Crippen LogP contribution in [0.2, 0.25) is 5.28 Å². The zero-order valence-corrected chi connectivity index (χ0v) is 13.6. The fourth-order valence-electron chi connectivity index (χ4n) is 1.85. The fourth-order valence-corrected chi connectivity index (χ4v) is 2.01. The van der Waals surface area contributed by atoms with Gasteiger partial charge in [0.25, 0.3) is 0 Å². The molecule has 0 bridgehead atoms. The van der Waals surface area contributed by atoms with E-state index < -0.39 is 12.2 Å². The average molecular weight is 362 g/mol. The van der Waals surface area contributed by atoms with E-state index in [0.717, 1.165) is 0 Å². The molecule has 2 N–H and O–H groups in total. The van der Waals surface area contributed by atoms with E-state index in [1.54, 1.807) is 24.3 Å². The predicted molar refractivity (Wildman–Crippen MR) is 84.9 cm³/mol. The number of rotatable bonds is 6. The van der Waals surface area contributed by atoms with Gasteiger partial charge in [0.15, 0.2) is 0 Å². The minimum Gasteiger partial charge on any atom is -0.497 e. The highest BCUT2D eigenvalue weighted by Gasteiger charge is 2.38. The van der Waals surface area contributed by atoms with Gasteiger partial charge in [-0.25, -0.2) is 0 Å². The van der Waals surface area contributed by atoms with Crippen molar-refractivity contribution in [2.45, 2.75) is 25.6 Å². The highest BCUT2D eigenvalue weighted by atomic mass is 35.5. The Morgan fingerprint density at radius 2 is 1.75 bits per heavy atom. The molecule has 6 nitrogen and oxygen atoms in total. The molecule has 1 aromatic carbocycles. The van der Waals surface area contributed by atoms with Crippen LogP contribution in [-0.4, -0.2) is 34.3 Å². The minimum absolute atomic E-state index is 0.0275. The molecule has 0 saturated heterocycles. The maximum atomic E-state index is 12.8. The van der Waals surface area contributed by atoms with E-state index >= 15 is 0 Å². The average Bonchev–Trinajstić information content (AvgIpc) is 2.51. The number of hydrogen-bond acceptors (Lipinski definition) is 6. The van der Waals surface area contributed by atoms with Crippen LogP contribution in [-0.2, 0) is 0 Å². The van der Waals surface area contributed by atoms with Crippen LogP contribution in [0.15, 0.2) is 24.3 Å². The van der Waals surface area contributed by atoms with E-state index in [-0.39, 0.29) is 23.6 Å². The number of hydrogen-bond donors (Lipinski definition) is 2. The highest BCUT2D eigenvalue weighted by Crippen LogP contribution is 2.25. The molecule has 0 fully saturated rings. The summed E-state index contributed by atoms with van der Waals surface area (Å²) in [7, 11) is 1.54. The number of alkyl halides is 3. The van der Waals surface area contributed by atoms with Crippen LogP contribution < -0.4 is 15.4 Å². The summed E-state index contributed by atoms with van der Waals surface area (Å²) in [4.78, 5) is 11.4. The number of nitrogens with one attached hydrogen (secondary N) is 2. The van der Waals surface area contributed by atoms with Gasteiger partial charge in [-0.05, 0) is 42.3 Å². The summed E-state index contributed by atoms with van der Waals surface area (Å²) in [5.41, 5.74) is 0.617. The maximum Gasteiger partial charge on any atom is 0.408 e. The van der Waals surface area contributed by atoms with Gasteiger partial charge in [-0.3, -0.25) is 0 Å². The van der Waals surface area contributed by atoms with E-state index in [2.05, 4.69) is 25.6 Å². The Bertz CT molecular complexity index is 681. The minimum atomic E-state index is -4.42. The second-order valence-corrected chi connectivity index (χ2v) is 5.09. The Labute approximate surface area is 141 Å². The topological polar surface area (TPSA) is 72.0 Å². The maximum absolute atomic E-state index is 12.8. The van der Waals surface area contributed by atoms with Gasteiger partial charge in [0, 0.05) is 5.69 Å². The zero-order chi connectivity index (χ0) is 17.7. The monoisotopic (exact) mass is 361 g/mol. The molecule has 0 radical (unpaired) electrons. The third-order valence-electron chi connectivity index (χ3n) is 3.06. The molecule has 0 saturated carbocycles. The van der Waals surface area contributed by atoms with Crippen LogP contribution >= 0.6 is 11.6 Å². The van der Waals surface area contributed by atoms with Crippen LogP contribution in [0.5, 0.6) is 5.75 Å². The first-order chi connectivity index (χ1) is 11.3. The summed E-state index contributed by atoms with van der Waals surface area (Å²) in [5.74, 6) is 0.433. The smallest absolute Gasteiger partial charge is 0.408 e. The molecular formula is C14H15ClF3N5O. The molecule has 0 spiro atoms. The van der Waals surface area contributed by atoms with E-state index in [1.807, 2.05) is 0 Å². The van der Waals surface area contributed by atoms with E-state index in [1.165, 1.54) is 14.0 Å². The van der Waals surface area contributed by atoms with Gasteiger partial charge in [0.2, 0.25) is 17.2 Å². The number of halogens is 4. The molecule has 1 atom stereocenters. The lowest BCUT2D eigenvalue weighted by atomic mass is 10.2. The number of anilines is 3. The van der Waals surface area contributed by atoms with Gasteiger partial charge in [0.1, 0.15) is 11.8 Å². The third kappa shape index (κ3) is 4.85. The van der Waals surface area contributed by atoms with Crippen LogP contribution in [0.4, 0.5) is 30.8 Å². The van der Waals surface area contributed by atoms with Gasteiger partial charge in [-0.15, -0.1) is 0 Å². The van der Waals surface area contributed by atoms with Crippen LogP contribution in [0.3, 0.4) is 0 Å². The molecule has 24 heavy (non-hydrogen) atoms. The normalized spacial score (nSPS) is 12.6. The van der Waals surface area contributed by atoms with Crippen molar-refractivity contribution in [3.63, 3.8) is 0 Å². The molecule has 0 aliphatic heterocycles. The summed E-state index contributed by atoms with van der Waals surface area (Å²) in [6.45, 7) is 1.41. The Morgan fingerprint density at radius 1 is 1.12 bits per heavy atom. The van der Waals surface area contributed by atoms with E-state index in [0.29, 0.717) is 11.4 Å². The van der Waals surface area contributed by atoms with Gasteiger partial charge >= 0.3 is 6.18 Å². The molecule has 1 heterocycles.